The van der Waals surface area contributed by atoms with Crippen molar-refractivity contribution in [2.45, 2.75) is 19.0 Å². The predicted molar refractivity (Wildman–Crippen MR) is 124 cm³/mol. The Morgan fingerprint density at radius 2 is 2.00 bits per heavy atom. The number of aliphatic hydroxyl groups is 1. The molecule has 2 aromatic heterocycles. The molecule has 1 saturated heterocycles. The molecule has 0 radical (unpaired) electrons. The van der Waals surface area contributed by atoms with E-state index in [0.29, 0.717) is 43.4 Å². The number of nitrogens with one attached hydrogen (secondary N) is 1. The van der Waals surface area contributed by atoms with E-state index in [-0.39, 0.29) is 6.61 Å². The van der Waals surface area contributed by atoms with Gasteiger partial charge in [-0.05, 0) is 54.2 Å². The van der Waals surface area contributed by atoms with Crippen molar-refractivity contribution in [1.29, 1.82) is 0 Å². The van der Waals surface area contributed by atoms with Gasteiger partial charge in [0.05, 0.1) is 24.5 Å². The van der Waals surface area contributed by atoms with Crippen LogP contribution in [0.25, 0.3) is 10.9 Å². The molecular weight excluding hydrogens is 420 g/mol. The number of methoxy groups -OCH3 is 1. The fraction of sp³-hybridized carbons (Fsp3) is 0.440. The van der Waals surface area contributed by atoms with E-state index in [4.69, 9.17) is 14.2 Å². The number of fused-ring (bicyclic) bond motifs is 3. The third kappa shape index (κ3) is 3.73. The number of aromatic nitrogens is 2. The fourth-order valence-electron chi connectivity index (χ4n) is 5.33. The van der Waals surface area contributed by atoms with Gasteiger partial charge in [-0.15, -0.1) is 0 Å². The number of piperidine rings is 1. The highest BCUT2D eigenvalue weighted by molar-refractivity contribution is 5.88. The van der Waals surface area contributed by atoms with Crippen LogP contribution in [0.1, 0.15) is 11.3 Å². The number of pyridine rings is 2. The van der Waals surface area contributed by atoms with Crippen LogP contribution in [0.4, 0.5) is 5.69 Å². The molecule has 1 aliphatic carbocycles. The Morgan fingerprint density at radius 1 is 1.15 bits per heavy atom. The standard InChI is InChI=1S/C25H28N4O4/c1-31-16-10-18-17(6-7-30)22(4-3-21(18)26-12-16)29-13-19-20(14-29)24(19)27-11-15-2-5-23-25(28-15)33-9-8-32-23/h2-5,10,12,19-20,24,27,30H,6-9,11,13-14H2,1H3/t19-,20?,24?/m0/s1. The molecule has 1 aromatic carbocycles. The van der Waals surface area contributed by atoms with Gasteiger partial charge in [-0.25, -0.2) is 4.98 Å². The number of anilines is 1. The van der Waals surface area contributed by atoms with E-state index >= 15 is 0 Å². The third-order valence-corrected chi connectivity index (χ3v) is 7.04. The van der Waals surface area contributed by atoms with Crippen molar-refractivity contribution in [3.63, 3.8) is 0 Å². The third-order valence-electron chi connectivity index (χ3n) is 7.04. The van der Waals surface area contributed by atoms with Gasteiger partial charge in [-0.3, -0.25) is 4.98 Å². The summed E-state index contributed by atoms with van der Waals surface area (Å²) in [5.41, 5.74) is 4.25. The Labute approximate surface area is 192 Å². The Kier molecular flexibility index (Phi) is 5.19. The summed E-state index contributed by atoms with van der Waals surface area (Å²) in [7, 11) is 1.65. The lowest BCUT2D eigenvalue weighted by Crippen LogP contribution is -2.32. The van der Waals surface area contributed by atoms with Crippen LogP contribution >= 0.6 is 0 Å². The summed E-state index contributed by atoms with van der Waals surface area (Å²) in [6.07, 6.45) is 2.34. The lowest BCUT2D eigenvalue weighted by molar-refractivity contribution is 0.164. The summed E-state index contributed by atoms with van der Waals surface area (Å²) in [5.74, 6) is 3.32. The molecule has 3 aromatic rings. The smallest absolute Gasteiger partial charge is 0.257 e. The second-order valence-corrected chi connectivity index (χ2v) is 8.92. The zero-order valence-corrected chi connectivity index (χ0v) is 18.7. The normalized spacial score (nSPS) is 23.0. The summed E-state index contributed by atoms with van der Waals surface area (Å²) in [6, 6.07) is 10.7. The quantitative estimate of drug-likeness (QED) is 0.569. The minimum Gasteiger partial charge on any atom is -0.495 e. The average Bonchev–Trinajstić information content (AvgIpc) is 3.31. The molecular formula is C25H28N4O4. The highest BCUT2D eigenvalue weighted by atomic mass is 16.6. The van der Waals surface area contributed by atoms with Gasteiger partial charge in [-0.1, -0.05) is 0 Å². The molecule has 3 atom stereocenters. The van der Waals surface area contributed by atoms with Crippen LogP contribution in [0.5, 0.6) is 17.4 Å². The zero-order valence-electron chi connectivity index (χ0n) is 18.7. The van der Waals surface area contributed by atoms with Gasteiger partial charge in [0, 0.05) is 43.4 Å². The summed E-state index contributed by atoms with van der Waals surface area (Å²) < 4.78 is 16.5. The number of nitrogens with zero attached hydrogens (tertiary/aromatic N) is 3. The van der Waals surface area contributed by atoms with Crippen LogP contribution in [0.3, 0.4) is 0 Å². The summed E-state index contributed by atoms with van der Waals surface area (Å²) in [6.45, 7) is 3.99. The van der Waals surface area contributed by atoms with Gasteiger partial charge in [0.2, 0.25) is 0 Å². The largest absolute Gasteiger partial charge is 0.495 e. The molecule has 6 rings (SSSR count). The van der Waals surface area contributed by atoms with Crippen LogP contribution in [0, 0.1) is 11.8 Å². The van der Waals surface area contributed by atoms with E-state index < -0.39 is 0 Å². The first kappa shape index (κ1) is 20.5. The molecule has 1 saturated carbocycles. The SMILES string of the molecule is COc1cnc2ccc(N3CC4C(NCc5ccc6c(n5)OCCO6)[C@H]4C3)c(CCO)c2c1. The Bertz CT molecular complexity index is 1170. The molecule has 2 unspecified atom stereocenters. The number of hydrogen-bond acceptors (Lipinski definition) is 8. The van der Waals surface area contributed by atoms with Crippen LogP contribution in [-0.4, -0.2) is 61.1 Å². The molecule has 8 heteroatoms. The Morgan fingerprint density at radius 3 is 2.82 bits per heavy atom. The minimum atomic E-state index is 0.108. The molecule has 2 aliphatic heterocycles. The molecule has 0 bridgehead atoms. The monoisotopic (exact) mass is 448 g/mol. The van der Waals surface area contributed by atoms with Gasteiger partial charge in [0.25, 0.3) is 5.88 Å². The van der Waals surface area contributed by atoms with Gasteiger partial charge in [0.15, 0.2) is 5.75 Å². The van der Waals surface area contributed by atoms with Crippen LogP contribution in [-0.2, 0) is 13.0 Å². The first-order valence-corrected chi connectivity index (χ1v) is 11.6. The first-order valence-electron chi connectivity index (χ1n) is 11.6. The lowest BCUT2D eigenvalue weighted by Gasteiger charge is -2.26. The summed E-state index contributed by atoms with van der Waals surface area (Å²) in [5, 5.41) is 14.5. The van der Waals surface area contributed by atoms with Gasteiger partial charge in [-0.2, -0.15) is 0 Å². The molecule has 33 heavy (non-hydrogen) atoms. The van der Waals surface area contributed by atoms with Gasteiger partial charge < -0.3 is 29.5 Å². The number of aliphatic hydroxyl groups excluding tert-OH is 1. The van der Waals surface area contributed by atoms with Crippen molar-refractivity contribution >= 4 is 16.6 Å². The second kappa shape index (κ2) is 8.35. The van der Waals surface area contributed by atoms with Crippen molar-refractivity contribution in [3.05, 3.63) is 47.8 Å². The maximum atomic E-state index is 9.73. The molecule has 3 aliphatic rings. The molecule has 172 valence electrons. The summed E-state index contributed by atoms with van der Waals surface area (Å²) in [4.78, 5) is 11.6. The van der Waals surface area contributed by atoms with E-state index in [9.17, 15) is 5.11 Å². The van der Waals surface area contributed by atoms with E-state index in [2.05, 4.69) is 32.3 Å². The predicted octanol–water partition coefficient (Wildman–Crippen LogP) is 2.17. The van der Waals surface area contributed by atoms with Crippen LogP contribution in [0.15, 0.2) is 36.5 Å². The van der Waals surface area contributed by atoms with E-state index in [1.54, 1.807) is 13.3 Å². The molecule has 0 spiro atoms. The second-order valence-electron chi connectivity index (χ2n) is 8.92. The highest BCUT2D eigenvalue weighted by Crippen LogP contribution is 2.48. The number of hydrogen-bond donors (Lipinski definition) is 2. The number of benzene rings is 1. The highest BCUT2D eigenvalue weighted by Gasteiger charge is 2.55. The molecule has 2 fully saturated rings. The fourth-order valence-corrected chi connectivity index (χ4v) is 5.33. The lowest BCUT2D eigenvalue weighted by atomic mass is 10.0. The van der Waals surface area contributed by atoms with Crippen molar-refractivity contribution < 1.29 is 19.3 Å². The molecule has 8 nitrogen and oxygen atoms in total. The number of rotatable bonds is 7. The van der Waals surface area contributed by atoms with Crippen LogP contribution < -0.4 is 24.4 Å². The van der Waals surface area contributed by atoms with E-state index in [1.165, 1.54) is 5.69 Å². The van der Waals surface area contributed by atoms with Crippen LogP contribution in [0.2, 0.25) is 0 Å². The van der Waals surface area contributed by atoms with Crippen molar-refractivity contribution in [1.82, 2.24) is 15.3 Å². The van der Waals surface area contributed by atoms with Crippen molar-refractivity contribution in [2.24, 2.45) is 11.8 Å². The maximum absolute atomic E-state index is 9.73. The van der Waals surface area contributed by atoms with Gasteiger partial charge in [0.1, 0.15) is 19.0 Å². The van der Waals surface area contributed by atoms with Crippen molar-refractivity contribution in [3.8, 4) is 17.4 Å². The maximum Gasteiger partial charge on any atom is 0.257 e. The molecule has 4 heterocycles. The Balaban J connectivity index is 1.13. The summed E-state index contributed by atoms with van der Waals surface area (Å²) >= 11 is 0. The topological polar surface area (TPSA) is 89.0 Å². The van der Waals surface area contributed by atoms with Crippen molar-refractivity contribution in [2.75, 3.05) is 44.9 Å². The molecule has 2 N–H and O–H groups in total. The average molecular weight is 449 g/mol. The first-order chi connectivity index (χ1) is 16.2. The van der Waals surface area contributed by atoms with E-state index in [0.717, 1.165) is 53.3 Å². The minimum absolute atomic E-state index is 0.108. The zero-order chi connectivity index (χ0) is 22.4. The molecule has 0 amide bonds. The Hall–Kier alpha value is -3.10. The van der Waals surface area contributed by atoms with E-state index in [1.807, 2.05) is 18.2 Å². The number of ether oxygens (including phenoxy) is 3. The van der Waals surface area contributed by atoms with Gasteiger partial charge >= 0.3 is 0 Å².